The molecule has 0 spiro atoms. The monoisotopic (exact) mass is 197 g/mol. The van der Waals surface area contributed by atoms with Gasteiger partial charge in [-0.2, -0.15) is 0 Å². The lowest BCUT2D eigenvalue weighted by molar-refractivity contribution is -0.138. The van der Waals surface area contributed by atoms with E-state index < -0.39 is 5.97 Å². The molecule has 0 bridgehead atoms. The fourth-order valence-corrected chi connectivity index (χ4v) is 3.01. The Kier molecular flexibility index (Phi) is 2.77. The first-order chi connectivity index (χ1) is 6.66. The summed E-state index contributed by atoms with van der Waals surface area (Å²) in [6.45, 7) is 4.31. The van der Waals surface area contributed by atoms with Gasteiger partial charge in [-0.25, -0.2) is 0 Å². The number of fused-ring (bicyclic) bond motifs is 1. The summed E-state index contributed by atoms with van der Waals surface area (Å²) in [6, 6.07) is 0.220. The second kappa shape index (κ2) is 3.89. The van der Waals surface area contributed by atoms with E-state index >= 15 is 0 Å². The van der Waals surface area contributed by atoms with Crippen LogP contribution in [0.15, 0.2) is 0 Å². The lowest BCUT2D eigenvalue weighted by Crippen LogP contribution is -2.33. The van der Waals surface area contributed by atoms with Crippen LogP contribution in [0.1, 0.15) is 32.6 Å². The molecule has 1 saturated carbocycles. The summed E-state index contributed by atoms with van der Waals surface area (Å²) in [7, 11) is 0. The third-order valence-electron chi connectivity index (χ3n) is 3.85. The minimum Gasteiger partial charge on any atom is -0.481 e. The summed E-state index contributed by atoms with van der Waals surface area (Å²) < 4.78 is 0. The number of carboxylic acids is 1. The van der Waals surface area contributed by atoms with Crippen LogP contribution in [0.4, 0.5) is 0 Å². The number of aliphatic carboxylic acids is 1. The molecule has 3 heteroatoms. The zero-order chi connectivity index (χ0) is 10.1. The summed E-state index contributed by atoms with van der Waals surface area (Å²) in [5.41, 5.74) is 0. The fourth-order valence-electron chi connectivity index (χ4n) is 3.01. The van der Waals surface area contributed by atoms with Crippen molar-refractivity contribution in [1.29, 1.82) is 0 Å². The molecule has 0 radical (unpaired) electrons. The zero-order valence-electron chi connectivity index (χ0n) is 8.78. The van der Waals surface area contributed by atoms with E-state index in [0.29, 0.717) is 6.42 Å². The van der Waals surface area contributed by atoms with Gasteiger partial charge in [0.15, 0.2) is 0 Å². The van der Waals surface area contributed by atoms with Gasteiger partial charge in [0.1, 0.15) is 0 Å². The second-order valence-corrected chi connectivity index (χ2v) is 4.85. The molecule has 0 aromatic rings. The van der Waals surface area contributed by atoms with E-state index in [1.807, 2.05) is 6.92 Å². The molecule has 1 N–H and O–H groups in total. The first kappa shape index (κ1) is 9.97. The van der Waals surface area contributed by atoms with Crippen LogP contribution >= 0.6 is 0 Å². The zero-order valence-corrected chi connectivity index (χ0v) is 8.78. The summed E-state index contributed by atoms with van der Waals surface area (Å²) >= 11 is 0. The molecule has 3 nitrogen and oxygen atoms in total. The van der Waals surface area contributed by atoms with Gasteiger partial charge in [-0.3, -0.25) is 9.69 Å². The van der Waals surface area contributed by atoms with E-state index in [2.05, 4.69) is 4.90 Å². The minimum atomic E-state index is -0.672. The summed E-state index contributed by atoms with van der Waals surface area (Å²) in [5.74, 6) is 1.06. The Hall–Kier alpha value is -0.570. The van der Waals surface area contributed by atoms with Crippen LogP contribution in [0.25, 0.3) is 0 Å². The van der Waals surface area contributed by atoms with E-state index in [9.17, 15) is 4.79 Å². The van der Waals surface area contributed by atoms with Crippen molar-refractivity contribution in [3.05, 3.63) is 0 Å². The maximum Gasteiger partial charge on any atom is 0.304 e. The van der Waals surface area contributed by atoms with Crippen molar-refractivity contribution in [2.45, 2.75) is 38.6 Å². The van der Waals surface area contributed by atoms with Crippen molar-refractivity contribution < 1.29 is 9.90 Å². The summed E-state index contributed by atoms with van der Waals surface area (Å²) in [6.07, 6.45) is 4.40. The molecule has 14 heavy (non-hydrogen) atoms. The molecule has 1 heterocycles. The predicted octanol–water partition coefficient (Wildman–Crippen LogP) is 1.58. The number of likely N-dealkylation sites (tertiary alicyclic amines) is 1. The number of hydrogen-bond acceptors (Lipinski definition) is 2. The van der Waals surface area contributed by atoms with Crippen LogP contribution in [0.2, 0.25) is 0 Å². The Balaban J connectivity index is 1.86. The molecule has 1 aliphatic heterocycles. The molecule has 3 atom stereocenters. The highest BCUT2D eigenvalue weighted by Gasteiger charge is 2.37. The molecular formula is C11H19NO2. The number of rotatable bonds is 3. The van der Waals surface area contributed by atoms with Gasteiger partial charge in [0, 0.05) is 19.1 Å². The summed E-state index contributed by atoms with van der Waals surface area (Å²) in [5, 5.41) is 8.72. The van der Waals surface area contributed by atoms with Gasteiger partial charge in [-0.15, -0.1) is 0 Å². The first-order valence-electron chi connectivity index (χ1n) is 5.62. The molecule has 2 aliphatic rings. The Bertz CT molecular complexity index is 217. The van der Waals surface area contributed by atoms with Gasteiger partial charge in [-0.1, -0.05) is 6.42 Å². The van der Waals surface area contributed by atoms with Gasteiger partial charge < -0.3 is 5.11 Å². The molecule has 2 fully saturated rings. The topological polar surface area (TPSA) is 40.5 Å². The lowest BCUT2D eigenvalue weighted by atomic mass is 10.0. The number of carboxylic acid groups (broad SMARTS) is 1. The lowest BCUT2D eigenvalue weighted by Gasteiger charge is -2.23. The van der Waals surface area contributed by atoms with Gasteiger partial charge >= 0.3 is 5.97 Å². The van der Waals surface area contributed by atoms with Crippen LogP contribution in [-0.2, 0) is 4.79 Å². The largest absolute Gasteiger partial charge is 0.481 e. The van der Waals surface area contributed by atoms with E-state index in [1.54, 1.807) is 0 Å². The molecule has 2 rings (SSSR count). The molecule has 0 aromatic carbocycles. The second-order valence-electron chi connectivity index (χ2n) is 4.85. The van der Waals surface area contributed by atoms with Crippen LogP contribution in [0, 0.1) is 11.8 Å². The Morgan fingerprint density at radius 2 is 2.00 bits per heavy atom. The van der Waals surface area contributed by atoms with Crippen molar-refractivity contribution in [3.63, 3.8) is 0 Å². The van der Waals surface area contributed by atoms with Crippen LogP contribution in [0.5, 0.6) is 0 Å². The Morgan fingerprint density at radius 3 is 2.50 bits per heavy atom. The molecule has 0 amide bonds. The Labute approximate surface area is 85.1 Å². The SMILES string of the molecule is CC(CC(=O)O)N1CC2CCCC2C1. The van der Waals surface area contributed by atoms with Gasteiger partial charge in [0.2, 0.25) is 0 Å². The minimum absolute atomic E-state index is 0.220. The molecule has 1 aliphatic carbocycles. The van der Waals surface area contributed by atoms with Crippen molar-refractivity contribution in [2.24, 2.45) is 11.8 Å². The fraction of sp³-hybridized carbons (Fsp3) is 0.909. The van der Waals surface area contributed by atoms with Crippen LogP contribution < -0.4 is 0 Å². The normalized spacial score (nSPS) is 34.4. The van der Waals surface area contributed by atoms with Gasteiger partial charge in [-0.05, 0) is 31.6 Å². The quantitative estimate of drug-likeness (QED) is 0.746. The smallest absolute Gasteiger partial charge is 0.304 e. The number of nitrogens with zero attached hydrogens (tertiary/aromatic N) is 1. The standard InChI is InChI=1S/C11H19NO2/c1-8(5-11(13)14)12-6-9-3-2-4-10(9)7-12/h8-10H,2-7H2,1H3,(H,13,14). The first-order valence-corrected chi connectivity index (χ1v) is 5.62. The number of carbonyl (C=O) groups is 1. The van der Waals surface area contributed by atoms with Crippen molar-refractivity contribution >= 4 is 5.97 Å². The molecule has 3 unspecified atom stereocenters. The Morgan fingerprint density at radius 1 is 1.43 bits per heavy atom. The molecule has 80 valence electrons. The van der Waals surface area contributed by atoms with E-state index in [-0.39, 0.29) is 6.04 Å². The summed E-state index contributed by atoms with van der Waals surface area (Å²) in [4.78, 5) is 13.0. The van der Waals surface area contributed by atoms with E-state index in [4.69, 9.17) is 5.11 Å². The molecule has 0 aromatic heterocycles. The highest BCUT2D eigenvalue weighted by molar-refractivity contribution is 5.67. The van der Waals surface area contributed by atoms with Crippen molar-refractivity contribution in [2.75, 3.05) is 13.1 Å². The highest BCUT2D eigenvalue weighted by Crippen LogP contribution is 2.38. The average molecular weight is 197 g/mol. The van der Waals surface area contributed by atoms with Crippen LogP contribution in [0.3, 0.4) is 0 Å². The maximum atomic E-state index is 10.6. The molecular weight excluding hydrogens is 178 g/mol. The molecule has 1 saturated heterocycles. The van der Waals surface area contributed by atoms with E-state index in [1.165, 1.54) is 19.3 Å². The highest BCUT2D eigenvalue weighted by atomic mass is 16.4. The average Bonchev–Trinajstić information content (AvgIpc) is 2.58. The van der Waals surface area contributed by atoms with Crippen molar-refractivity contribution in [3.8, 4) is 0 Å². The van der Waals surface area contributed by atoms with E-state index in [0.717, 1.165) is 24.9 Å². The van der Waals surface area contributed by atoms with Crippen LogP contribution in [-0.4, -0.2) is 35.1 Å². The van der Waals surface area contributed by atoms with Gasteiger partial charge in [0.25, 0.3) is 0 Å². The third-order valence-corrected chi connectivity index (χ3v) is 3.85. The van der Waals surface area contributed by atoms with Crippen molar-refractivity contribution in [1.82, 2.24) is 4.90 Å². The third kappa shape index (κ3) is 1.92. The van der Waals surface area contributed by atoms with Gasteiger partial charge in [0.05, 0.1) is 6.42 Å². The maximum absolute atomic E-state index is 10.6. The predicted molar refractivity (Wildman–Crippen MR) is 54.1 cm³/mol. The number of hydrogen-bond donors (Lipinski definition) is 1.